The molecule has 0 heterocycles. The van der Waals surface area contributed by atoms with Crippen LogP contribution in [-0.4, -0.2) is 13.2 Å². The lowest BCUT2D eigenvalue weighted by atomic mass is 9.73. The van der Waals surface area contributed by atoms with Gasteiger partial charge in [0.2, 0.25) is 0 Å². The first-order valence-corrected chi connectivity index (χ1v) is 18.6. The Bertz CT molecular complexity index is 2270. The fraction of sp³-hybridized carbons (Fsp3) is 0.160. The zero-order chi connectivity index (χ0) is 35.5. The molecule has 2 nitrogen and oxygen atoms in total. The number of para-hydroxylation sites is 1. The summed E-state index contributed by atoms with van der Waals surface area (Å²) in [5.41, 5.74) is 15.0. The van der Waals surface area contributed by atoms with E-state index in [4.69, 9.17) is 4.74 Å². The Kier molecular flexibility index (Phi) is 9.22. The first-order chi connectivity index (χ1) is 25.6. The molecule has 0 aliphatic heterocycles. The number of hydrogen-bond acceptors (Lipinski definition) is 2. The molecule has 0 fully saturated rings. The van der Waals surface area contributed by atoms with Gasteiger partial charge in [0, 0.05) is 22.4 Å². The smallest absolute Gasteiger partial charge is 0.127 e. The van der Waals surface area contributed by atoms with E-state index in [0.29, 0.717) is 0 Å². The lowest BCUT2D eigenvalue weighted by molar-refractivity contribution is 0.416. The van der Waals surface area contributed by atoms with E-state index >= 15 is 0 Å². The van der Waals surface area contributed by atoms with Crippen LogP contribution in [0.25, 0.3) is 45.5 Å². The monoisotopic (exact) mass is 675 g/mol. The molecule has 2 aliphatic carbocycles. The number of ether oxygens (including phenoxy) is 1. The minimum absolute atomic E-state index is 0.0358. The first-order valence-electron chi connectivity index (χ1n) is 18.6. The largest absolute Gasteiger partial charge is 0.496 e. The molecular weight excluding hydrogens is 631 g/mol. The van der Waals surface area contributed by atoms with E-state index in [1.807, 2.05) is 6.07 Å². The van der Waals surface area contributed by atoms with E-state index in [9.17, 15) is 0 Å². The number of nitrogens with zero attached hydrogens (tertiary/aromatic N) is 1. The van der Waals surface area contributed by atoms with Crippen LogP contribution in [0.5, 0.6) is 5.75 Å². The Morgan fingerprint density at radius 1 is 0.596 bits per heavy atom. The van der Waals surface area contributed by atoms with Gasteiger partial charge >= 0.3 is 0 Å². The molecule has 256 valence electrons. The summed E-state index contributed by atoms with van der Waals surface area (Å²) >= 11 is 0. The van der Waals surface area contributed by atoms with Crippen molar-refractivity contribution < 1.29 is 4.74 Å². The van der Waals surface area contributed by atoms with E-state index in [0.717, 1.165) is 41.7 Å². The Balaban J connectivity index is 1.07. The van der Waals surface area contributed by atoms with E-state index in [-0.39, 0.29) is 11.5 Å². The quantitative estimate of drug-likeness (QED) is 0.134. The fourth-order valence-electron chi connectivity index (χ4n) is 8.35. The zero-order valence-corrected chi connectivity index (χ0v) is 30.3. The maximum atomic E-state index is 5.84. The van der Waals surface area contributed by atoms with Gasteiger partial charge in [0.05, 0.1) is 13.2 Å². The van der Waals surface area contributed by atoms with Crippen molar-refractivity contribution in [2.24, 2.45) is 0 Å². The average Bonchev–Trinajstić information content (AvgIpc) is 3.49. The lowest BCUT2D eigenvalue weighted by Gasteiger charge is -2.35. The summed E-state index contributed by atoms with van der Waals surface area (Å²) in [7, 11) is 1.75. The summed E-state index contributed by atoms with van der Waals surface area (Å²) in [5.74, 6) is 0.877. The summed E-state index contributed by atoms with van der Waals surface area (Å²) in [4.78, 5) is 2.51. The third kappa shape index (κ3) is 6.09. The second-order valence-corrected chi connectivity index (χ2v) is 13.9. The normalized spacial score (nSPS) is 15.4. The van der Waals surface area contributed by atoms with Gasteiger partial charge in [0.15, 0.2) is 0 Å². The topological polar surface area (TPSA) is 12.5 Å². The van der Waals surface area contributed by atoms with Crippen LogP contribution in [-0.2, 0) is 5.41 Å². The van der Waals surface area contributed by atoms with Crippen molar-refractivity contribution in [3.05, 3.63) is 186 Å². The predicted octanol–water partition coefficient (Wildman–Crippen LogP) is 13.3. The fourth-order valence-corrected chi connectivity index (χ4v) is 8.35. The Morgan fingerprint density at radius 2 is 1.23 bits per heavy atom. The summed E-state index contributed by atoms with van der Waals surface area (Å²) in [5, 5.41) is 0. The second-order valence-electron chi connectivity index (χ2n) is 13.9. The van der Waals surface area contributed by atoms with Crippen molar-refractivity contribution >= 4 is 23.5 Å². The summed E-state index contributed by atoms with van der Waals surface area (Å²) < 4.78 is 5.84. The number of fused-ring (bicyclic) bond motifs is 3. The highest BCUT2D eigenvalue weighted by Crippen LogP contribution is 2.54. The third-order valence-electron chi connectivity index (χ3n) is 11.2. The van der Waals surface area contributed by atoms with Crippen LogP contribution in [0.3, 0.4) is 0 Å². The highest BCUT2D eigenvalue weighted by molar-refractivity contribution is 5.86. The summed E-state index contributed by atoms with van der Waals surface area (Å²) in [6, 6.07) is 51.0. The molecule has 0 N–H and O–H groups in total. The summed E-state index contributed by atoms with van der Waals surface area (Å²) in [6.45, 7) is 4.71. The molecule has 6 aromatic carbocycles. The molecule has 6 aromatic rings. The van der Waals surface area contributed by atoms with Gasteiger partial charge in [-0.3, -0.25) is 0 Å². The molecule has 0 saturated carbocycles. The maximum Gasteiger partial charge on any atom is 0.127 e. The highest BCUT2D eigenvalue weighted by atomic mass is 16.5. The molecule has 0 bridgehead atoms. The minimum Gasteiger partial charge on any atom is -0.496 e. The molecular formula is C50H45NO. The molecule has 2 heteroatoms. The van der Waals surface area contributed by atoms with Crippen LogP contribution >= 0.6 is 0 Å². The number of anilines is 2. The van der Waals surface area contributed by atoms with E-state index in [1.54, 1.807) is 7.11 Å². The van der Waals surface area contributed by atoms with Crippen LogP contribution in [0.15, 0.2) is 164 Å². The van der Waals surface area contributed by atoms with Gasteiger partial charge in [-0.2, -0.15) is 0 Å². The SMILES string of the molecule is CCC1(CC)c2cc(/C=C/c3ccc(-c4ccc(-c5ccccc5)cc4OC)cc3)ccc2-c2ccc(N(c3ccccc3)C3C=CC=CC3)cc21. The second kappa shape index (κ2) is 14.4. The molecule has 0 amide bonds. The third-order valence-corrected chi connectivity index (χ3v) is 11.2. The molecule has 8 rings (SSSR count). The van der Waals surface area contributed by atoms with Gasteiger partial charge in [-0.1, -0.05) is 159 Å². The molecule has 1 unspecified atom stereocenters. The number of methoxy groups -OCH3 is 1. The molecule has 0 aromatic heterocycles. The van der Waals surface area contributed by atoms with Crippen LogP contribution < -0.4 is 9.64 Å². The van der Waals surface area contributed by atoms with Crippen LogP contribution in [0.4, 0.5) is 11.4 Å². The van der Waals surface area contributed by atoms with Crippen LogP contribution in [0, 0.1) is 0 Å². The van der Waals surface area contributed by atoms with Crippen molar-refractivity contribution in [1.82, 2.24) is 0 Å². The van der Waals surface area contributed by atoms with Crippen LogP contribution in [0.1, 0.15) is 55.4 Å². The molecule has 2 aliphatic rings. The standard InChI is InChI=1S/C50H45NO/c1-4-50(5-2)47-33-37(22-21-36-23-26-39(27-24-36)44-31-28-40(34-49(44)52-3)38-15-9-6-10-16-38)25-30-45(47)46-32-29-43(35-48(46)50)51(41-17-11-7-12-18-41)42-19-13-8-14-20-42/h6-19,21-35,42H,4-5,20H2,1-3H3/b22-21+. The van der Waals surface area contributed by atoms with Gasteiger partial charge in [0.1, 0.15) is 5.75 Å². The molecule has 52 heavy (non-hydrogen) atoms. The van der Waals surface area contributed by atoms with E-state index in [1.165, 1.54) is 50.3 Å². The minimum atomic E-state index is -0.0358. The maximum absolute atomic E-state index is 5.84. The van der Waals surface area contributed by atoms with Gasteiger partial charge in [-0.05, 0) is 99.7 Å². The van der Waals surface area contributed by atoms with Crippen molar-refractivity contribution in [2.75, 3.05) is 12.0 Å². The lowest BCUT2D eigenvalue weighted by Crippen LogP contribution is -2.30. The summed E-state index contributed by atoms with van der Waals surface area (Å²) in [6.07, 6.45) is 16.5. The van der Waals surface area contributed by atoms with Gasteiger partial charge in [0.25, 0.3) is 0 Å². The first kappa shape index (κ1) is 33.3. The van der Waals surface area contributed by atoms with E-state index < -0.39 is 0 Å². The Hall–Kier alpha value is -5.86. The molecule has 0 radical (unpaired) electrons. The Labute approximate surface area is 309 Å². The van der Waals surface area contributed by atoms with Crippen molar-refractivity contribution in [3.8, 4) is 39.1 Å². The van der Waals surface area contributed by atoms with Crippen molar-refractivity contribution in [1.29, 1.82) is 0 Å². The van der Waals surface area contributed by atoms with Crippen molar-refractivity contribution in [2.45, 2.75) is 44.6 Å². The molecule has 0 spiro atoms. The number of benzene rings is 6. The van der Waals surface area contributed by atoms with Gasteiger partial charge < -0.3 is 9.64 Å². The highest BCUT2D eigenvalue weighted by Gasteiger charge is 2.41. The van der Waals surface area contributed by atoms with E-state index in [2.05, 4.69) is 189 Å². The Morgan fingerprint density at radius 3 is 1.92 bits per heavy atom. The van der Waals surface area contributed by atoms with Gasteiger partial charge in [-0.15, -0.1) is 0 Å². The number of hydrogen-bond donors (Lipinski definition) is 0. The average molecular weight is 676 g/mol. The molecule has 0 saturated heterocycles. The zero-order valence-electron chi connectivity index (χ0n) is 30.3. The van der Waals surface area contributed by atoms with Gasteiger partial charge in [-0.25, -0.2) is 0 Å². The number of rotatable bonds is 10. The molecule has 1 atom stereocenters. The predicted molar refractivity (Wildman–Crippen MR) is 221 cm³/mol. The number of allylic oxidation sites excluding steroid dienone is 2. The van der Waals surface area contributed by atoms with Crippen molar-refractivity contribution in [3.63, 3.8) is 0 Å². The van der Waals surface area contributed by atoms with Crippen LogP contribution in [0.2, 0.25) is 0 Å².